The maximum atomic E-state index is 13.0. The van der Waals surface area contributed by atoms with Crippen molar-refractivity contribution >= 4 is 17.9 Å². The minimum Gasteiger partial charge on any atom is -0.289 e. The van der Waals surface area contributed by atoms with Gasteiger partial charge in [0, 0.05) is 47.8 Å². The fraction of sp³-hybridized carbons (Fsp3) is 0.450. The second-order valence-corrected chi connectivity index (χ2v) is 6.94. The molecule has 1 aliphatic carbocycles. The van der Waals surface area contributed by atoms with Crippen LogP contribution in [-0.2, 0) is 18.9 Å². The lowest BCUT2D eigenvalue weighted by molar-refractivity contribution is -0.112. The molecule has 2 aromatic rings. The summed E-state index contributed by atoms with van der Waals surface area (Å²) in [5, 5.41) is 8.90. The minimum absolute atomic E-state index is 0.163. The molecule has 132 valence electrons. The molecule has 1 saturated carbocycles. The molecule has 5 nitrogen and oxygen atoms in total. The maximum Gasteiger partial charge on any atom is 0.185 e. The van der Waals surface area contributed by atoms with Crippen LogP contribution in [0.3, 0.4) is 0 Å². The Morgan fingerprint density at radius 2 is 1.20 bits per heavy atom. The third-order valence-corrected chi connectivity index (χ3v) is 5.24. The largest absolute Gasteiger partial charge is 0.289 e. The van der Waals surface area contributed by atoms with Gasteiger partial charge in [-0.15, -0.1) is 0 Å². The summed E-state index contributed by atoms with van der Waals surface area (Å²) in [6.07, 6.45) is 6.73. The smallest absolute Gasteiger partial charge is 0.185 e. The van der Waals surface area contributed by atoms with E-state index in [1.165, 1.54) is 0 Å². The molecule has 0 unspecified atom stereocenters. The van der Waals surface area contributed by atoms with Gasteiger partial charge >= 0.3 is 0 Å². The number of hydrogen-bond acceptors (Lipinski definition) is 3. The van der Waals surface area contributed by atoms with Crippen LogP contribution in [0.1, 0.15) is 53.2 Å². The summed E-state index contributed by atoms with van der Waals surface area (Å²) in [7, 11) is 3.87. The third-order valence-electron chi connectivity index (χ3n) is 5.24. The summed E-state index contributed by atoms with van der Waals surface area (Å²) in [5.41, 5.74) is 8.03. The summed E-state index contributed by atoms with van der Waals surface area (Å²) >= 11 is 0. The molecule has 1 aliphatic rings. The molecule has 5 heteroatoms. The van der Waals surface area contributed by atoms with Crippen LogP contribution in [-0.4, -0.2) is 25.3 Å². The van der Waals surface area contributed by atoms with E-state index in [9.17, 15) is 4.79 Å². The Balaban J connectivity index is 1.99. The molecular formula is C20H26N4O. The molecule has 0 spiro atoms. The van der Waals surface area contributed by atoms with Crippen molar-refractivity contribution in [2.75, 3.05) is 0 Å². The summed E-state index contributed by atoms with van der Waals surface area (Å²) in [6, 6.07) is 0. The Labute approximate surface area is 149 Å². The predicted octanol–water partition coefficient (Wildman–Crippen LogP) is 3.61. The molecule has 0 atom stereocenters. The molecule has 2 aromatic heterocycles. The van der Waals surface area contributed by atoms with Gasteiger partial charge in [0.15, 0.2) is 5.78 Å². The lowest BCUT2D eigenvalue weighted by Gasteiger charge is -2.16. The number of allylic oxidation sites excluding steroid dienone is 2. The molecule has 0 aromatic carbocycles. The molecule has 0 radical (unpaired) electrons. The van der Waals surface area contributed by atoms with Gasteiger partial charge in [-0.2, -0.15) is 10.2 Å². The number of Topliss-reactive ketones (excluding diaryl/α,β-unsaturated/α-hetero) is 1. The van der Waals surface area contributed by atoms with Crippen LogP contribution >= 0.6 is 0 Å². The number of rotatable bonds is 2. The SMILES string of the molecule is Cc1nn(C)c(C)c1C=C1CCCC(=Cc2c(C)nn(C)c2C)C1=O. The van der Waals surface area contributed by atoms with Gasteiger partial charge in [0.2, 0.25) is 0 Å². The Kier molecular flexibility index (Phi) is 4.50. The van der Waals surface area contributed by atoms with Crippen LogP contribution in [0.2, 0.25) is 0 Å². The maximum absolute atomic E-state index is 13.0. The quantitative estimate of drug-likeness (QED) is 0.786. The minimum atomic E-state index is 0.163. The molecule has 25 heavy (non-hydrogen) atoms. The van der Waals surface area contributed by atoms with E-state index in [2.05, 4.69) is 10.2 Å². The Hall–Kier alpha value is -2.43. The van der Waals surface area contributed by atoms with Crippen LogP contribution in [0, 0.1) is 27.7 Å². The molecule has 0 aliphatic heterocycles. The van der Waals surface area contributed by atoms with E-state index in [1.54, 1.807) is 0 Å². The molecule has 0 amide bonds. The van der Waals surface area contributed by atoms with Crippen molar-refractivity contribution in [1.82, 2.24) is 19.6 Å². The lowest BCUT2D eigenvalue weighted by Crippen LogP contribution is -2.12. The normalized spacial score (nSPS) is 18.6. The number of aromatic nitrogens is 4. The Morgan fingerprint density at radius 3 is 1.52 bits per heavy atom. The van der Waals surface area contributed by atoms with E-state index in [0.717, 1.165) is 64.3 Å². The average Bonchev–Trinajstić information content (AvgIpc) is 2.94. The van der Waals surface area contributed by atoms with Gasteiger partial charge in [-0.1, -0.05) is 0 Å². The zero-order valence-corrected chi connectivity index (χ0v) is 16.0. The second kappa shape index (κ2) is 6.47. The van der Waals surface area contributed by atoms with Gasteiger partial charge in [-0.25, -0.2) is 0 Å². The molecule has 3 rings (SSSR count). The number of carbonyl (C=O) groups excluding carboxylic acids is 1. The molecule has 0 saturated heterocycles. The first kappa shape index (κ1) is 17.4. The summed E-state index contributed by atoms with van der Waals surface area (Å²) < 4.78 is 3.74. The van der Waals surface area contributed by atoms with E-state index in [1.807, 2.05) is 63.3 Å². The highest BCUT2D eigenvalue weighted by molar-refractivity contribution is 6.14. The van der Waals surface area contributed by atoms with Crippen molar-refractivity contribution < 1.29 is 4.79 Å². The van der Waals surface area contributed by atoms with Crippen LogP contribution in [0.15, 0.2) is 11.1 Å². The number of aryl methyl sites for hydroxylation is 4. The number of ketones is 1. The number of hydrogen-bond donors (Lipinski definition) is 0. The summed E-state index contributed by atoms with van der Waals surface area (Å²) in [5.74, 6) is 0.163. The van der Waals surface area contributed by atoms with Gasteiger partial charge in [-0.05, 0) is 59.1 Å². The zero-order chi connectivity index (χ0) is 18.3. The highest BCUT2D eigenvalue weighted by atomic mass is 16.1. The highest BCUT2D eigenvalue weighted by Crippen LogP contribution is 2.30. The summed E-state index contributed by atoms with van der Waals surface area (Å²) in [6.45, 7) is 8.06. The fourth-order valence-electron chi connectivity index (χ4n) is 3.52. The van der Waals surface area contributed by atoms with E-state index < -0.39 is 0 Å². The highest BCUT2D eigenvalue weighted by Gasteiger charge is 2.22. The number of nitrogens with zero attached hydrogens (tertiary/aromatic N) is 4. The van der Waals surface area contributed by atoms with Crippen molar-refractivity contribution in [3.63, 3.8) is 0 Å². The Bertz CT molecular complexity index is 837. The van der Waals surface area contributed by atoms with Crippen molar-refractivity contribution in [2.24, 2.45) is 14.1 Å². The van der Waals surface area contributed by atoms with Crippen molar-refractivity contribution in [2.45, 2.75) is 47.0 Å². The van der Waals surface area contributed by atoms with E-state index >= 15 is 0 Å². The third kappa shape index (κ3) is 3.11. The first-order chi connectivity index (χ1) is 11.8. The van der Waals surface area contributed by atoms with E-state index in [4.69, 9.17) is 0 Å². The monoisotopic (exact) mass is 338 g/mol. The van der Waals surface area contributed by atoms with Crippen LogP contribution in [0.5, 0.6) is 0 Å². The van der Waals surface area contributed by atoms with Crippen molar-refractivity contribution in [3.8, 4) is 0 Å². The molecule has 0 bridgehead atoms. The lowest BCUT2D eigenvalue weighted by atomic mass is 9.86. The van der Waals surface area contributed by atoms with Crippen molar-refractivity contribution in [1.29, 1.82) is 0 Å². The summed E-state index contributed by atoms with van der Waals surface area (Å²) in [4.78, 5) is 13.0. The van der Waals surface area contributed by atoms with Gasteiger partial charge in [0.05, 0.1) is 11.4 Å². The predicted molar refractivity (Wildman–Crippen MR) is 100 cm³/mol. The standard InChI is InChI=1S/C20H26N4O/c1-12-18(14(3)23(5)21-12)10-16-8-7-9-17(20(16)25)11-19-13(2)22-24(6)15(19)4/h10-11H,7-9H2,1-6H3. The van der Waals surface area contributed by atoms with Gasteiger partial charge < -0.3 is 0 Å². The zero-order valence-electron chi connectivity index (χ0n) is 16.0. The van der Waals surface area contributed by atoms with E-state index in [0.29, 0.717) is 0 Å². The Morgan fingerprint density at radius 1 is 0.800 bits per heavy atom. The topological polar surface area (TPSA) is 52.7 Å². The van der Waals surface area contributed by atoms with Gasteiger partial charge in [-0.3, -0.25) is 14.2 Å². The first-order valence-corrected chi connectivity index (χ1v) is 8.75. The average molecular weight is 338 g/mol. The van der Waals surface area contributed by atoms with E-state index in [-0.39, 0.29) is 5.78 Å². The fourth-order valence-corrected chi connectivity index (χ4v) is 3.52. The van der Waals surface area contributed by atoms with Crippen LogP contribution in [0.4, 0.5) is 0 Å². The van der Waals surface area contributed by atoms with Gasteiger partial charge in [0.1, 0.15) is 0 Å². The van der Waals surface area contributed by atoms with Gasteiger partial charge in [0.25, 0.3) is 0 Å². The molecular weight excluding hydrogens is 312 g/mol. The molecule has 2 heterocycles. The first-order valence-electron chi connectivity index (χ1n) is 8.75. The molecule has 1 fully saturated rings. The molecule has 0 N–H and O–H groups in total. The number of carbonyl (C=O) groups is 1. The van der Waals surface area contributed by atoms with Crippen LogP contribution < -0.4 is 0 Å². The van der Waals surface area contributed by atoms with Crippen LogP contribution in [0.25, 0.3) is 12.2 Å². The van der Waals surface area contributed by atoms with Crippen molar-refractivity contribution in [3.05, 3.63) is 45.0 Å². The second-order valence-electron chi connectivity index (χ2n) is 6.94.